The van der Waals surface area contributed by atoms with E-state index in [1.54, 1.807) is 12.4 Å². The van der Waals surface area contributed by atoms with Crippen molar-refractivity contribution in [1.82, 2.24) is 15.4 Å². The van der Waals surface area contributed by atoms with Gasteiger partial charge in [0.05, 0.1) is 0 Å². The normalized spacial score (nSPS) is 12.4. The van der Waals surface area contributed by atoms with E-state index in [0.29, 0.717) is 5.82 Å². The van der Waals surface area contributed by atoms with E-state index < -0.39 is 0 Å². The summed E-state index contributed by atoms with van der Waals surface area (Å²) in [6.45, 7) is 6.09. The lowest BCUT2D eigenvalue weighted by Gasteiger charge is -2.17. The molecule has 0 aliphatic heterocycles. The zero-order valence-corrected chi connectivity index (χ0v) is 10.9. The smallest absolute Gasteiger partial charge is 0.150 e. The van der Waals surface area contributed by atoms with E-state index in [1.165, 1.54) is 11.1 Å². The fourth-order valence-electron chi connectivity index (χ4n) is 1.93. The predicted octanol–water partition coefficient (Wildman–Crippen LogP) is 1.95. The van der Waals surface area contributed by atoms with Crippen LogP contribution in [0.15, 0.2) is 30.6 Å². The van der Waals surface area contributed by atoms with Gasteiger partial charge in [0, 0.05) is 12.4 Å². The highest BCUT2D eigenvalue weighted by Crippen LogP contribution is 2.22. The highest BCUT2D eigenvalue weighted by atomic mass is 15.2. The Balaban J connectivity index is 2.44. The van der Waals surface area contributed by atoms with Gasteiger partial charge in [-0.15, -0.1) is 0 Å². The van der Waals surface area contributed by atoms with Crippen molar-refractivity contribution in [2.75, 3.05) is 0 Å². The summed E-state index contributed by atoms with van der Waals surface area (Å²) in [7, 11) is 0. The van der Waals surface area contributed by atoms with E-state index in [9.17, 15) is 0 Å². The third-order valence-corrected chi connectivity index (χ3v) is 2.97. The van der Waals surface area contributed by atoms with Crippen LogP contribution in [0.4, 0.5) is 0 Å². The van der Waals surface area contributed by atoms with Crippen LogP contribution in [0.1, 0.15) is 34.1 Å². The highest BCUT2D eigenvalue weighted by molar-refractivity contribution is 5.35. The number of benzene rings is 1. The molecule has 4 nitrogen and oxygen atoms in total. The standard InChI is InChI=1S/C14H18N4/c1-9-4-5-11(3)12(6-9)13(18-15)14-16-7-10(2)8-17-14/h4-8,13,18H,15H2,1-3H3. The lowest BCUT2D eigenvalue weighted by Crippen LogP contribution is -2.30. The average molecular weight is 242 g/mol. The van der Waals surface area contributed by atoms with E-state index in [2.05, 4.69) is 47.4 Å². The molecule has 0 spiro atoms. The Hall–Kier alpha value is -1.78. The molecule has 2 rings (SSSR count). The third-order valence-electron chi connectivity index (χ3n) is 2.97. The average Bonchev–Trinajstić information content (AvgIpc) is 2.37. The zero-order valence-electron chi connectivity index (χ0n) is 10.9. The van der Waals surface area contributed by atoms with Crippen LogP contribution in [0, 0.1) is 20.8 Å². The van der Waals surface area contributed by atoms with Crippen molar-refractivity contribution in [2.24, 2.45) is 5.84 Å². The topological polar surface area (TPSA) is 63.8 Å². The second kappa shape index (κ2) is 5.25. The Morgan fingerprint density at radius 1 is 1.06 bits per heavy atom. The van der Waals surface area contributed by atoms with Gasteiger partial charge in [0.1, 0.15) is 6.04 Å². The maximum atomic E-state index is 5.66. The Bertz CT molecular complexity index is 534. The van der Waals surface area contributed by atoms with Crippen LogP contribution >= 0.6 is 0 Å². The molecule has 18 heavy (non-hydrogen) atoms. The van der Waals surface area contributed by atoms with Gasteiger partial charge >= 0.3 is 0 Å². The van der Waals surface area contributed by atoms with Crippen LogP contribution in [-0.2, 0) is 0 Å². The van der Waals surface area contributed by atoms with Gasteiger partial charge in [-0.2, -0.15) is 0 Å². The first-order chi connectivity index (χ1) is 8.61. The molecule has 1 unspecified atom stereocenters. The van der Waals surface area contributed by atoms with Crippen molar-refractivity contribution in [3.8, 4) is 0 Å². The van der Waals surface area contributed by atoms with Crippen LogP contribution in [-0.4, -0.2) is 9.97 Å². The van der Waals surface area contributed by atoms with Gasteiger partial charge in [0.2, 0.25) is 0 Å². The van der Waals surface area contributed by atoms with E-state index in [0.717, 1.165) is 11.1 Å². The molecule has 0 amide bonds. The Morgan fingerprint density at radius 2 is 1.72 bits per heavy atom. The monoisotopic (exact) mass is 242 g/mol. The lowest BCUT2D eigenvalue weighted by molar-refractivity contribution is 0.597. The van der Waals surface area contributed by atoms with Gasteiger partial charge in [-0.3, -0.25) is 5.84 Å². The van der Waals surface area contributed by atoms with Gasteiger partial charge in [-0.25, -0.2) is 15.4 Å². The van der Waals surface area contributed by atoms with Crippen LogP contribution in [0.25, 0.3) is 0 Å². The maximum Gasteiger partial charge on any atom is 0.150 e. The molecule has 2 aromatic rings. The van der Waals surface area contributed by atoms with E-state index >= 15 is 0 Å². The quantitative estimate of drug-likeness (QED) is 0.638. The number of hydrogen-bond donors (Lipinski definition) is 2. The molecular weight excluding hydrogens is 224 g/mol. The van der Waals surface area contributed by atoms with E-state index in [1.807, 2.05) is 6.92 Å². The van der Waals surface area contributed by atoms with Gasteiger partial charge in [-0.1, -0.05) is 23.8 Å². The van der Waals surface area contributed by atoms with Crippen molar-refractivity contribution in [2.45, 2.75) is 26.8 Å². The molecule has 1 atom stereocenters. The van der Waals surface area contributed by atoms with Gasteiger partial charge < -0.3 is 0 Å². The summed E-state index contributed by atoms with van der Waals surface area (Å²) in [5, 5.41) is 0. The maximum absolute atomic E-state index is 5.66. The Morgan fingerprint density at radius 3 is 2.33 bits per heavy atom. The molecule has 0 fully saturated rings. The van der Waals surface area contributed by atoms with Crippen LogP contribution in [0.2, 0.25) is 0 Å². The van der Waals surface area contributed by atoms with Gasteiger partial charge in [0.25, 0.3) is 0 Å². The molecule has 0 bridgehead atoms. The molecule has 1 heterocycles. The van der Waals surface area contributed by atoms with Gasteiger partial charge in [-0.05, 0) is 37.5 Å². The molecule has 0 aliphatic carbocycles. The fourth-order valence-corrected chi connectivity index (χ4v) is 1.93. The van der Waals surface area contributed by atoms with Crippen LogP contribution < -0.4 is 11.3 Å². The predicted molar refractivity (Wildman–Crippen MR) is 71.9 cm³/mol. The largest absolute Gasteiger partial charge is 0.270 e. The van der Waals surface area contributed by atoms with Crippen molar-refractivity contribution in [3.63, 3.8) is 0 Å². The number of hydrazine groups is 1. The molecule has 1 aromatic carbocycles. The summed E-state index contributed by atoms with van der Waals surface area (Å²) < 4.78 is 0. The zero-order chi connectivity index (χ0) is 13.1. The summed E-state index contributed by atoms with van der Waals surface area (Å²) in [6.07, 6.45) is 3.61. The number of hydrogen-bond acceptors (Lipinski definition) is 4. The first-order valence-electron chi connectivity index (χ1n) is 5.93. The third kappa shape index (κ3) is 2.55. The van der Waals surface area contributed by atoms with Crippen molar-refractivity contribution >= 4 is 0 Å². The summed E-state index contributed by atoms with van der Waals surface area (Å²) >= 11 is 0. The number of aryl methyl sites for hydroxylation is 3. The highest BCUT2D eigenvalue weighted by Gasteiger charge is 2.17. The molecule has 0 saturated heterocycles. The summed E-state index contributed by atoms with van der Waals surface area (Å²) in [4.78, 5) is 8.69. The minimum Gasteiger partial charge on any atom is -0.270 e. The van der Waals surface area contributed by atoms with Crippen molar-refractivity contribution < 1.29 is 0 Å². The second-order valence-corrected chi connectivity index (χ2v) is 4.58. The van der Waals surface area contributed by atoms with E-state index in [4.69, 9.17) is 5.84 Å². The lowest BCUT2D eigenvalue weighted by atomic mass is 9.99. The van der Waals surface area contributed by atoms with Gasteiger partial charge in [0.15, 0.2) is 5.82 Å². The molecule has 4 heteroatoms. The molecule has 94 valence electrons. The summed E-state index contributed by atoms with van der Waals surface area (Å²) in [5.41, 5.74) is 7.32. The molecule has 3 N–H and O–H groups in total. The number of rotatable bonds is 3. The molecule has 1 aromatic heterocycles. The Kier molecular flexibility index (Phi) is 3.69. The van der Waals surface area contributed by atoms with E-state index in [-0.39, 0.29) is 6.04 Å². The summed E-state index contributed by atoms with van der Waals surface area (Å²) in [6, 6.07) is 6.11. The van der Waals surface area contributed by atoms with Crippen LogP contribution in [0.5, 0.6) is 0 Å². The minimum atomic E-state index is -0.175. The Labute approximate surface area is 107 Å². The molecule has 0 saturated carbocycles. The molecule has 0 radical (unpaired) electrons. The number of nitrogens with one attached hydrogen (secondary N) is 1. The number of aromatic nitrogens is 2. The SMILES string of the molecule is Cc1cnc(C(NN)c2cc(C)ccc2C)nc1. The van der Waals surface area contributed by atoms with Crippen LogP contribution in [0.3, 0.4) is 0 Å². The summed E-state index contributed by atoms with van der Waals surface area (Å²) in [5.74, 6) is 6.36. The van der Waals surface area contributed by atoms with Crippen molar-refractivity contribution in [1.29, 1.82) is 0 Å². The minimum absolute atomic E-state index is 0.175. The first kappa shape index (κ1) is 12.7. The molecular formula is C14H18N4. The number of nitrogens with zero attached hydrogens (tertiary/aromatic N) is 2. The van der Waals surface area contributed by atoms with Crippen molar-refractivity contribution in [3.05, 3.63) is 58.7 Å². The second-order valence-electron chi connectivity index (χ2n) is 4.58. The number of nitrogens with two attached hydrogens (primary N) is 1. The molecule has 0 aliphatic rings. The fraction of sp³-hybridized carbons (Fsp3) is 0.286. The first-order valence-corrected chi connectivity index (χ1v) is 5.93.